The van der Waals surface area contributed by atoms with E-state index in [1.807, 2.05) is 0 Å². The molecule has 1 aliphatic carbocycles. The fraction of sp³-hybridized carbons (Fsp3) is 0.243. The quantitative estimate of drug-likeness (QED) is 0.0944. The van der Waals surface area contributed by atoms with E-state index in [9.17, 15) is 17.3 Å². The molecule has 4 aromatic rings. The molecule has 0 amide bonds. The fourth-order valence-corrected chi connectivity index (χ4v) is 11.1. The minimum absolute atomic E-state index is 0. The molecule has 4 aromatic carbocycles. The van der Waals surface area contributed by atoms with E-state index in [1.54, 1.807) is 0 Å². The van der Waals surface area contributed by atoms with Gasteiger partial charge < -0.3 is 17.3 Å². The molecule has 1 saturated carbocycles. The van der Waals surface area contributed by atoms with Gasteiger partial charge in [-0.3, -0.25) is 0 Å². The Hall–Kier alpha value is -1.83. The van der Waals surface area contributed by atoms with E-state index < -0.39 is 23.1 Å². The SMILES string of the molecule is C[C@@H](C[C@H](C)P(c1ccccc1)c1ccccc1)P(c1ccccc1)c1ccccc1.F[B-](F)(F)F.[CH]1[CH]CC[CH][CH]CC1.[Ir]. The van der Waals surface area contributed by atoms with Crippen LogP contribution >= 0.6 is 15.8 Å². The van der Waals surface area contributed by atoms with Crippen molar-refractivity contribution < 1.29 is 37.4 Å². The largest absolute Gasteiger partial charge is 0.673 e. The van der Waals surface area contributed by atoms with Crippen molar-refractivity contribution in [2.75, 3.05) is 0 Å². The van der Waals surface area contributed by atoms with Gasteiger partial charge >= 0.3 is 7.25 Å². The van der Waals surface area contributed by atoms with Gasteiger partial charge in [0.05, 0.1) is 0 Å². The zero-order valence-electron chi connectivity index (χ0n) is 25.9. The average Bonchev–Trinajstić information content (AvgIpc) is 2.99. The first-order valence-electron chi connectivity index (χ1n) is 15.2. The van der Waals surface area contributed by atoms with Crippen molar-refractivity contribution in [2.24, 2.45) is 0 Å². The molecule has 0 heterocycles. The molecule has 0 nitrogen and oxygen atoms in total. The maximum absolute atomic E-state index is 9.75. The van der Waals surface area contributed by atoms with Crippen LogP contribution in [0, 0.1) is 25.7 Å². The number of halogens is 4. The summed E-state index contributed by atoms with van der Waals surface area (Å²) in [5.74, 6) is 0. The standard InChI is InChI=1S/C29H30P2.C8H12.BF4.Ir/c1-24(30(26-15-7-3-8-16-26)27-17-9-4-10-18-27)23-25(2)31(28-19-11-5-12-20-28)29-21-13-6-14-22-29;1-2-4-6-8-7-5-3-1;2-1(3,4)5;/h3-22,24-25H,23H2,1-2H3;1-2,7-8H,3-6H2;;/q;;-1;/t24-,25-;;;/m0.../s1. The van der Waals surface area contributed by atoms with Gasteiger partial charge in [0.15, 0.2) is 0 Å². The van der Waals surface area contributed by atoms with Crippen molar-refractivity contribution in [1.29, 1.82) is 0 Å². The van der Waals surface area contributed by atoms with Crippen LogP contribution in [0.25, 0.3) is 0 Å². The minimum atomic E-state index is -6.00. The summed E-state index contributed by atoms with van der Waals surface area (Å²) < 4.78 is 39.0. The molecule has 1 fully saturated rings. The minimum Gasteiger partial charge on any atom is -0.418 e. The first-order valence-corrected chi connectivity index (χ1v) is 18.0. The Morgan fingerprint density at radius 3 is 0.867 bits per heavy atom. The van der Waals surface area contributed by atoms with Gasteiger partial charge in [0.2, 0.25) is 0 Å². The van der Waals surface area contributed by atoms with Gasteiger partial charge in [-0.15, -0.1) is 0 Å². The van der Waals surface area contributed by atoms with Crippen LogP contribution in [-0.2, 0) is 20.1 Å². The topological polar surface area (TPSA) is 0 Å². The van der Waals surface area contributed by atoms with Crippen LogP contribution in [0.4, 0.5) is 17.3 Å². The third-order valence-corrected chi connectivity index (χ3v) is 12.6. The summed E-state index contributed by atoms with van der Waals surface area (Å²) in [7, 11) is -6.79. The maximum atomic E-state index is 9.75. The van der Waals surface area contributed by atoms with Crippen molar-refractivity contribution in [3.63, 3.8) is 0 Å². The molecule has 5 rings (SSSR count). The molecule has 0 aromatic heterocycles. The van der Waals surface area contributed by atoms with E-state index >= 15 is 0 Å². The van der Waals surface area contributed by atoms with Crippen molar-refractivity contribution in [1.82, 2.24) is 0 Å². The summed E-state index contributed by atoms with van der Waals surface area (Å²) in [4.78, 5) is 0. The van der Waals surface area contributed by atoms with Gasteiger partial charge in [0, 0.05) is 20.1 Å². The molecule has 0 spiro atoms. The van der Waals surface area contributed by atoms with Gasteiger partial charge in [-0.25, -0.2) is 0 Å². The van der Waals surface area contributed by atoms with Crippen LogP contribution in [0.5, 0.6) is 0 Å². The van der Waals surface area contributed by atoms with Gasteiger partial charge in [0.1, 0.15) is 0 Å². The fourth-order valence-electron chi connectivity index (χ4n) is 5.23. The van der Waals surface area contributed by atoms with E-state index in [-0.39, 0.29) is 20.1 Å². The second-order valence-electron chi connectivity index (χ2n) is 10.6. The molecule has 8 heteroatoms. The Balaban J connectivity index is 0.000000421. The van der Waals surface area contributed by atoms with E-state index in [0.29, 0.717) is 11.3 Å². The first-order chi connectivity index (χ1) is 21.2. The molecule has 241 valence electrons. The summed E-state index contributed by atoms with van der Waals surface area (Å²) in [5, 5.41) is 5.92. The second kappa shape index (κ2) is 21.9. The van der Waals surface area contributed by atoms with Gasteiger partial charge in [0.25, 0.3) is 0 Å². The van der Waals surface area contributed by atoms with E-state index in [4.69, 9.17) is 0 Å². The Labute approximate surface area is 284 Å². The van der Waals surface area contributed by atoms with E-state index in [0.717, 1.165) is 0 Å². The zero-order chi connectivity index (χ0) is 31.6. The van der Waals surface area contributed by atoms with Crippen molar-refractivity contribution >= 4 is 44.3 Å². The Morgan fingerprint density at radius 1 is 0.467 bits per heavy atom. The second-order valence-corrected chi connectivity index (χ2v) is 15.9. The van der Waals surface area contributed by atoms with Crippen LogP contribution < -0.4 is 21.2 Å². The number of benzene rings is 4. The summed E-state index contributed by atoms with van der Waals surface area (Å²) in [5.41, 5.74) is 1.21. The van der Waals surface area contributed by atoms with Crippen molar-refractivity contribution in [3.8, 4) is 0 Å². The van der Waals surface area contributed by atoms with E-state index in [1.165, 1.54) is 53.3 Å². The number of rotatable bonds is 8. The summed E-state index contributed by atoms with van der Waals surface area (Å²) in [6.45, 7) is 4.93. The third kappa shape index (κ3) is 15.5. The van der Waals surface area contributed by atoms with Gasteiger partial charge in [-0.1, -0.05) is 135 Å². The molecule has 0 N–H and O–H groups in total. The smallest absolute Gasteiger partial charge is 0.418 e. The van der Waals surface area contributed by atoms with Crippen LogP contribution in [0.2, 0.25) is 0 Å². The number of hydrogen-bond donors (Lipinski definition) is 0. The third-order valence-electron chi connectivity index (χ3n) is 7.03. The number of hydrogen-bond acceptors (Lipinski definition) is 0. The maximum Gasteiger partial charge on any atom is 0.673 e. The van der Waals surface area contributed by atoms with E-state index in [2.05, 4.69) is 161 Å². The summed E-state index contributed by atoms with van der Waals surface area (Å²) >= 11 is 0. The zero-order valence-corrected chi connectivity index (χ0v) is 30.0. The molecular formula is C37H42BF4IrP2-. The van der Waals surface area contributed by atoms with Crippen LogP contribution in [0.1, 0.15) is 46.0 Å². The molecule has 2 atom stereocenters. The van der Waals surface area contributed by atoms with Crippen LogP contribution in [0.3, 0.4) is 0 Å². The van der Waals surface area contributed by atoms with Gasteiger partial charge in [-0.2, -0.15) is 0 Å². The summed E-state index contributed by atoms with van der Waals surface area (Å²) in [6, 6.07) is 44.5. The Kier molecular flexibility index (Phi) is 19.1. The molecule has 0 saturated heterocycles. The predicted molar refractivity (Wildman–Crippen MR) is 188 cm³/mol. The normalized spacial score (nSPS) is 14.8. The first kappa shape index (κ1) is 39.4. The molecule has 0 bridgehead atoms. The molecule has 1 aliphatic rings. The molecule has 45 heavy (non-hydrogen) atoms. The van der Waals surface area contributed by atoms with Crippen molar-refractivity contribution in [2.45, 2.75) is 57.3 Å². The Bertz CT molecular complexity index is 1090. The molecular weight excluding hydrogens is 785 g/mol. The molecule has 5 radical (unpaired) electrons. The Morgan fingerprint density at radius 2 is 0.667 bits per heavy atom. The molecule has 0 aliphatic heterocycles. The molecule has 0 unspecified atom stereocenters. The van der Waals surface area contributed by atoms with Crippen molar-refractivity contribution in [3.05, 3.63) is 147 Å². The predicted octanol–water partition coefficient (Wildman–Crippen LogP) is 10.1. The van der Waals surface area contributed by atoms with Gasteiger partial charge in [-0.05, 0) is 106 Å². The summed E-state index contributed by atoms with van der Waals surface area (Å²) in [6.07, 6.45) is 15.2. The van der Waals surface area contributed by atoms with Crippen LogP contribution in [-0.4, -0.2) is 18.6 Å². The average molecular weight is 828 g/mol. The monoisotopic (exact) mass is 828 g/mol. The van der Waals surface area contributed by atoms with Crippen LogP contribution in [0.15, 0.2) is 121 Å².